The Balaban J connectivity index is 1.52. The van der Waals surface area contributed by atoms with E-state index in [-0.39, 0.29) is 0 Å². The monoisotopic (exact) mass is 468 g/mol. The predicted molar refractivity (Wildman–Crippen MR) is 145 cm³/mol. The van der Waals surface area contributed by atoms with Gasteiger partial charge in [0, 0.05) is 13.1 Å². The minimum absolute atomic E-state index is 0.803. The Kier molecular flexibility index (Phi) is 16.3. The molecule has 2 fully saturated rings. The highest BCUT2D eigenvalue weighted by Crippen LogP contribution is 2.28. The molecule has 2 nitrogen and oxygen atoms in total. The van der Waals surface area contributed by atoms with Crippen LogP contribution in [0.4, 0.5) is 0 Å². The van der Waals surface area contributed by atoms with Gasteiger partial charge in [-0.1, -0.05) is 89.9 Å². The van der Waals surface area contributed by atoms with Crippen molar-refractivity contribution >= 4 is 30.0 Å². The zero-order valence-electron chi connectivity index (χ0n) is 20.4. The number of nitrogens with one attached hydrogen (secondary N) is 2. The fourth-order valence-electron chi connectivity index (χ4n) is 5.80. The average Bonchev–Trinajstić information content (AvgIpc) is 2.81. The Morgan fingerprint density at radius 2 is 1.10 bits per heavy atom. The van der Waals surface area contributed by atoms with E-state index in [1.165, 1.54) is 128 Å². The molecule has 0 aromatic carbocycles. The second-order valence-electron chi connectivity index (χ2n) is 10.5. The van der Waals surface area contributed by atoms with Gasteiger partial charge in [0.15, 0.2) is 5.11 Å². The van der Waals surface area contributed by atoms with Gasteiger partial charge >= 0.3 is 0 Å². The van der Waals surface area contributed by atoms with Crippen molar-refractivity contribution in [2.45, 2.75) is 128 Å². The highest BCUT2D eigenvalue weighted by atomic mass is 32.1. The standard InChI is InChI=1S/C27H52N2S2/c30-22-12-20-25-15-9-17-26(18-10-16-25)23-29-27(31)28-21-11-19-24-13-7-5-3-1-2-4-6-8-14-24/h24-26,30H,1-23H2,(H2,28,29,31). The first-order chi connectivity index (χ1) is 15.3. The number of hydrogen-bond donors (Lipinski definition) is 3. The fraction of sp³-hybridized carbons (Fsp3) is 0.963. The van der Waals surface area contributed by atoms with Crippen molar-refractivity contribution < 1.29 is 0 Å². The lowest BCUT2D eigenvalue weighted by molar-refractivity contribution is 0.304. The molecule has 0 amide bonds. The maximum absolute atomic E-state index is 5.58. The second kappa shape index (κ2) is 18.5. The molecule has 0 unspecified atom stereocenters. The molecule has 0 radical (unpaired) electrons. The summed E-state index contributed by atoms with van der Waals surface area (Å²) in [5.74, 6) is 3.76. The quantitative estimate of drug-likeness (QED) is 0.181. The lowest BCUT2D eigenvalue weighted by Gasteiger charge is -2.25. The third kappa shape index (κ3) is 14.0. The van der Waals surface area contributed by atoms with Crippen LogP contribution in [0, 0.1) is 17.8 Å². The van der Waals surface area contributed by atoms with Crippen molar-refractivity contribution in [3.8, 4) is 0 Å². The number of hydrogen-bond acceptors (Lipinski definition) is 2. The van der Waals surface area contributed by atoms with Gasteiger partial charge in [-0.05, 0) is 74.2 Å². The molecule has 0 heterocycles. The van der Waals surface area contributed by atoms with Crippen molar-refractivity contribution in [1.82, 2.24) is 10.6 Å². The van der Waals surface area contributed by atoms with Gasteiger partial charge in [-0.3, -0.25) is 0 Å². The highest BCUT2D eigenvalue weighted by molar-refractivity contribution is 7.80. The van der Waals surface area contributed by atoms with Crippen LogP contribution in [-0.4, -0.2) is 24.0 Å². The molecule has 31 heavy (non-hydrogen) atoms. The molecule has 0 saturated heterocycles. The van der Waals surface area contributed by atoms with E-state index in [1.54, 1.807) is 0 Å². The maximum Gasteiger partial charge on any atom is 0.166 e. The normalized spacial score (nSPS) is 25.1. The van der Waals surface area contributed by atoms with Crippen LogP contribution in [-0.2, 0) is 0 Å². The molecule has 0 atom stereocenters. The molecule has 0 aromatic heterocycles. The summed E-state index contributed by atoms with van der Waals surface area (Å²) in [6.07, 6.45) is 28.3. The Labute approximate surface area is 205 Å². The summed E-state index contributed by atoms with van der Waals surface area (Å²) in [6.45, 7) is 2.11. The smallest absolute Gasteiger partial charge is 0.166 e. The van der Waals surface area contributed by atoms with Crippen molar-refractivity contribution in [2.24, 2.45) is 17.8 Å². The van der Waals surface area contributed by atoms with Gasteiger partial charge in [0.1, 0.15) is 0 Å². The van der Waals surface area contributed by atoms with Crippen molar-refractivity contribution in [1.29, 1.82) is 0 Å². The molecular weight excluding hydrogens is 416 g/mol. The van der Waals surface area contributed by atoms with Crippen LogP contribution in [0.5, 0.6) is 0 Å². The molecule has 0 aromatic rings. The van der Waals surface area contributed by atoms with Crippen molar-refractivity contribution in [3.05, 3.63) is 0 Å². The average molecular weight is 469 g/mol. The molecule has 182 valence electrons. The summed E-state index contributed by atoms with van der Waals surface area (Å²) < 4.78 is 0. The fourth-order valence-corrected chi connectivity index (χ4v) is 6.17. The molecule has 2 N–H and O–H groups in total. The third-order valence-corrected chi connectivity index (χ3v) is 8.43. The molecular formula is C27H52N2S2. The summed E-state index contributed by atoms with van der Waals surface area (Å²) in [5, 5.41) is 7.91. The van der Waals surface area contributed by atoms with E-state index in [0.717, 1.165) is 41.7 Å². The Hall–Kier alpha value is 0.0400. The highest BCUT2D eigenvalue weighted by Gasteiger charge is 2.17. The molecule has 4 heteroatoms. The van der Waals surface area contributed by atoms with Crippen LogP contribution >= 0.6 is 24.8 Å². The van der Waals surface area contributed by atoms with E-state index < -0.39 is 0 Å². The Morgan fingerprint density at radius 3 is 1.68 bits per heavy atom. The first kappa shape index (κ1) is 27.3. The van der Waals surface area contributed by atoms with E-state index in [4.69, 9.17) is 12.2 Å². The van der Waals surface area contributed by atoms with Crippen LogP contribution in [0.15, 0.2) is 0 Å². The van der Waals surface area contributed by atoms with Gasteiger partial charge in [-0.25, -0.2) is 0 Å². The van der Waals surface area contributed by atoms with E-state index in [2.05, 4.69) is 23.3 Å². The SMILES string of the molecule is S=C(NCCCC1CCCCCCCCCC1)NCC1CCCC(CCCS)CCC1. The van der Waals surface area contributed by atoms with Crippen LogP contribution in [0.2, 0.25) is 0 Å². The summed E-state index contributed by atoms with van der Waals surface area (Å²) >= 11 is 9.96. The lowest BCUT2D eigenvalue weighted by Crippen LogP contribution is -2.38. The Morgan fingerprint density at radius 1 is 0.613 bits per heavy atom. The molecule has 0 spiro atoms. The van der Waals surface area contributed by atoms with Gasteiger partial charge in [-0.15, -0.1) is 0 Å². The molecule has 0 bridgehead atoms. The number of thiocarbonyl (C=S) groups is 1. The topological polar surface area (TPSA) is 24.1 Å². The number of rotatable bonds is 9. The molecule has 2 aliphatic rings. The lowest BCUT2D eigenvalue weighted by atomic mass is 9.84. The van der Waals surface area contributed by atoms with E-state index >= 15 is 0 Å². The Bertz CT molecular complexity index is 421. The molecule has 2 rings (SSSR count). The summed E-state index contributed by atoms with van der Waals surface area (Å²) in [4.78, 5) is 0. The zero-order chi connectivity index (χ0) is 22.0. The predicted octanol–water partition coefficient (Wildman–Crippen LogP) is 8.06. The van der Waals surface area contributed by atoms with Crippen molar-refractivity contribution in [3.63, 3.8) is 0 Å². The van der Waals surface area contributed by atoms with Crippen LogP contribution in [0.1, 0.15) is 128 Å². The minimum Gasteiger partial charge on any atom is -0.363 e. The van der Waals surface area contributed by atoms with Crippen LogP contribution in [0.25, 0.3) is 0 Å². The van der Waals surface area contributed by atoms with Crippen molar-refractivity contribution in [2.75, 3.05) is 18.8 Å². The van der Waals surface area contributed by atoms with Gasteiger partial charge < -0.3 is 10.6 Å². The molecule has 2 aliphatic carbocycles. The summed E-state index contributed by atoms with van der Waals surface area (Å²) in [5.41, 5.74) is 0. The van der Waals surface area contributed by atoms with Gasteiger partial charge in [0.05, 0.1) is 0 Å². The van der Waals surface area contributed by atoms with E-state index in [1.807, 2.05) is 0 Å². The summed E-state index contributed by atoms with van der Waals surface area (Å²) in [7, 11) is 0. The maximum atomic E-state index is 5.58. The van der Waals surface area contributed by atoms with E-state index in [9.17, 15) is 0 Å². The largest absolute Gasteiger partial charge is 0.363 e. The van der Waals surface area contributed by atoms with Crippen LogP contribution in [0.3, 0.4) is 0 Å². The first-order valence-electron chi connectivity index (χ1n) is 13.9. The molecule has 2 saturated carbocycles. The van der Waals surface area contributed by atoms with E-state index in [0.29, 0.717) is 0 Å². The van der Waals surface area contributed by atoms with Gasteiger partial charge in [0.25, 0.3) is 0 Å². The zero-order valence-corrected chi connectivity index (χ0v) is 22.1. The van der Waals surface area contributed by atoms with Crippen LogP contribution < -0.4 is 10.6 Å². The van der Waals surface area contributed by atoms with Gasteiger partial charge in [-0.2, -0.15) is 12.6 Å². The minimum atomic E-state index is 0.803. The summed E-state index contributed by atoms with van der Waals surface area (Å²) in [6, 6.07) is 0. The first-order valence-corrected chi connectivity index (χ1v) is 14.9. The third-order valence-electron chi connectivity index (χ3n) is 7.82. The van der Waals surface area contributed by atoms with Gasteiger partial charge in [0.2, 0.25) is 0 Å². The molecule has 0 aliphatic heterocycles. The number of thiol groups is 1. The second-order valence-corrected chi connectivity index (χ2v) is 11.4.